The van der Waals surface area contributed by atoms with Gasteiger partial charge in [-0.2, -0.15) is 5.10 Å². The van der Waals surface area contributed by atoms with Crippen LogP contribution in [0.25, 0.3) is 16.7 Å². The van der Waals surface area contributed by atoms with E-state index in [0.717, 1.165) is 16.6 Å². The van der Waals surface area contributed by atoms with E-state index in [1.165, 1.54) is 6.33 Å². The number of nitrogens with zero attached hydrogens (tertiary/aromatic N) is 4. The monoisotopic (exact) mass is 377 g/mol. The molecule has 1 fully saturated rings. The van der Waals surface area contributed by atoms with Crippen LogP contribution in [-0.4, -0.2) is 45.7 Å². The number of anilines is 1. The molecule has 1 atom stereocenters. The highest BCUT2D eigenvalue weighted by atomic mass is 35.5. The minimum atomic E-state index is -2.96. The van der Waals surface area contributed by atoms with Crippen LogP contribution in [0.3, 0.4) is 0 Å². The van der Waals surface area contributed by atoms with Gasteiger partial charge in [0, 0.05) is 11.1 Å². The Balaban J connectivity index is 1.75. The maximum Gasteiger partial charge on any atom is 0.168 e. The molecule has 1 N–H and O–H groups in total. The van der Waals surface area contributed by atoms with E-state index in [1.54, 1.807) is 10.9 Å². The first-order chi connectivity index (χ1) is 11.9. The smallest absolute Gasteiger partial charge is 0.168 e. The van der Waals surface area contributed by atoms with Crippen LogP contribution in [0.1, 0.15) is 12.0 Å². The minimum absolute atomic E-state index is 0.125. The summed E-state index contributed by atoms with van der Waals surface area (Å²) in [6.07, 6.45) is 3.71. The van der Waals surface area contributed by atoms with Crippen molar-refractivity contribution in [3.8, 4) is 5.69 Å². The van der Waals surface area contributed by atoms with Crippen LogP contribution in [0.4, 0.5) is 5.82 Å². The van der Waals surface area contributed by atoms with Crippen LogP contribution >= 0.6 is 11.6 Å². The molecule has 0 amide bonds. The molecule has 0 radical (unpaired) electrons. The molecule has 0 saturated carbocycles. The van der Waals surface area contributed by atoms with Crippen LogP contribution in [-0.2, 0) is 9.84 Å². The van der Waals surface area contributed by atoms with Gasteiger partial charge in [0.05, 0.1) is 28.8 Å². The molecule has 130 valence electrons. The molecule has 0 spiro atoms. The van der Waals surface area contributed by atoms with Crippen LogP contribution in [0, 0.1) is 6.92 Å². The molecular weight excluding hydrogens is 362 g/mol. The van der Waals surface area contributed by atoms with Crippen molar-refractivity contribution in [1.82, 2.24) is 19.7 Å². The summed E-state index contributed by atoms with van der Waals surface area (Å²) in [4.78, 5) is 8.61. The summed E-state index contributed by atoms with van der Waals surface area (Å²) < 4.78 is 25.0. The van der Waals surface area contributed by atoms with Gasteiger partial charge in [0.15, 0.2) is 15.5 Å². The van der Waals surface area contributed by atoms with Crippen molar-refractivity contribution in [2.75, 3.05) is 16.8 Å². The van der Waals surface area contributed by atoms with Gasteiger partial charge in [-0.1, -0.05) is 17.7 Å². The van der Waals surface area contributed by atoms with Gasteiger partial charge in [-0.25, -0.2) is 23.1 Å². The van der Waals surface area contributed by atoms with E-state index < -0.39 is 9.84 Å². The summed E-state index contributed by atoms with van der Waals surface area (Å²) in [5.41, 5.74) is 2.50. The number of halogens is 1. The second kappa shape index (κ2) is 5.96. The fourth-order valence-electron chi connectivity index (χ4n) is 3.05. The van der Waals surface area contributed by atoms with Gasteiger partial charge in [-0.05, 0) is 31.0 Å². The largest absolute Gasteiger partial charge is 0.366 e. The number of hydrogen-bond acceptors (Lipinski definition) is 6. The molecule has 1 aliphatic heterocycles. The molecule has 9 heteroatoms. The average molecular weight is 378 g/mol. The van der Waals surface area contributed by atoms with Gasteiger partial charge in [0.25, 0.3) is 0 Å². The summed E-state index contributed by atoms with van der Waals surface area (Å²) in [6, 6.07) is 5.45. The molecule has 3 heterocycles. The van der Waals surface area contributed by atoms with Crippen molar-refractivity contribution >= 4 is 38.3 Å². The van der Waals surface area contributed by atoms with E-state index >= 15 is 0 Å². The molecule has 7 nitrogen and oxygen atoms in total. The zero-order valence-electron chi connectivity index (χ0n) is 13.5. The summed E-state index contributed by atoms with van der Waals surface area (Å²) in [7, 11) is -2.96. The van der Waals surface area contributed by atoms with Crippen LogP contribution < -0.4 is 5.32 Å². The van der Waals surface area contributed by atoms with Gasteiger partial charge >= 0.3 is 0 Å². The van der Waals surface area contributed by atoms with Gasteiger partial charge in [-0.3, -0.25) is 0 Å². The number of nitrogens with one attached hydrogen (secondary N) is 1. The first-order valence-electron chi connectivity index (χ1n) is 7.85. The van der Waals surface area contributed by atoms with Crippen molar-refractivity contribution < 1.29 is 8.42 Å². The lowest BCUT2D eigenvalue weighted by molar-refractivity contribution is 0.602. The molecule has 0 bridgehead atoms. The molecular formula is C16H16ClN5O2S. The molecule has 2 aromatic heterocycles. The van der Waals surface area contributed by atoms with Crippen molar-refractivity contribution in [3.63, 3.8) is 0 Å². The lowest BCUT2D eigenvalue weighted by atomic mass is 10.2. The lowest BCUT2D eigenvalue weighted by Gasteiger charge is -2.12. The zero-order valence-corrected chi connectivity index (χ0v) is 15.0. The highest BCUT2D eigenvalue weighted by Crippen LogP contribution is 2.26. The fourth-order valence-corrected chi connectivity index (χ4v) is 4.89. The van der Waals surface area contributed by atoms with Crippen LogP contribution in [0.2, 0.25) is 5.02 Å². The van der Waals surface area contributed by atoms with E-state index in [0.29, 0.717) is 22.9 Å². The van der Waals surface area contributed by atoms with E-state index in [9.17, 15) is 8.42 Å². The summed E-state index contributed by atoms with van der Waals surface area (Å²) >= 11 is 6.11. The number of benzene rings is 1. The molecule has 0 aliphatic carbocycles. The van der Waals surface area contributed by atoms with E-state index in [-0.39, 0.29) is 17.5 Å². The van der Waals surface area contributed by atoms with Gasteiger partial charge in [-0.15, -0.1) is 0 Å². The molecule has 1 saturated heterocycles. The maximum absolute atomic E-state index is 11.7. The van der Waals surface area contributed by atoms with E-state index in [4.69, 9.17) is 11.6 Å². The SMILES string of the molecule is Cc1ccc(Cl)cc1-n1ncc2c(N[C@@H]3CCS(=O)(=O)C3)ncnc21. The number of fused-ring (bicyclic) bond motifs is 1. The highest BCUT2D eigenvalue weighted by molar-refractivity contribution is 7.91. The van der Waals surface area contributed by atoms with Gasteiger partial charge in [0.1, 0.15) is 12.1 Å². The molecule has 1 aliphatic rings. The Labute approximate surface area is 150 Å². The predicted octanol–water partition coefficient (Wildman–Crippen LogP) is 2.38. The second-order valence-corrected chi connectivity index (χ2v) is 8.86. The number of aryl methyl sites for hydroxylation is 1. The first-order valence-corrected chi connectivity index (χ1v) is 10.0. The predicted molar refractivity (Wildman–Crippen MR) is 97.1 cm³/mol. The second-order valence-electron chi connectivity index (χ2n) is 6.19. The zero-order chi connectivity index (χ0) is 17.6. The van der Waals surface area contributed by atoms with Gasteiger partial charge in [0.2, 0.25) is 0 Å². The Morgan fingerprint density at radius 1 is 1.32 bits per heavy atom. The molecule has 25 heavy (non-hydrogen) atoms. The number of rotatable bonds is 3. The molecule has 3 aromatic rings. The topological polar surface area (TPSA) is 89.8 Å². The Hall–Kier alpha value is -2.19. The Morgan fingerprint density at radius 3 is 2.92 bits per heavy atom. The third-order valence-corrected chi connectivity index (χ3v) is 6.34. The third-order valence-electron chi connectivity index (χ3n) is 4.34. The third kappa shape index (κ3) is 3.07. The van der Waals surface area contributed by atoms with Crippen molar-refractivity contribution in [2.45, 2.75) is 19.4 Å². The molecule has 4 rings (SSSR count). The molecule has 1 aromatic carbocycles. The Morgan fingerprint density at radius 2 is 2.16 bits per heavy atom. The van der Waals surface area contributed by atoms with E-state index in [2.05, 4.69) is 20.4 Å². The Kier molecular flexibility index (Phi) is 3.88. The summed E-state index contributed by atoms with van der Waals surface area (Å²) in [5, 5.41) is 9.01. The maximum atomic E-state index is 11.7. The Bertz CT molecular complexity index is 1060. The quantitative estimate of drug-likeness (QED) is 0.753. The number of hydrogen-bond donors (Lipinski definition) is 1. The van der Waals surface area contributed by atoms with Crippen LogP contribution in [0.15, 0.2) is 30.7 Å². The van der Waals surface area contributed by atoms with Crippen molar-refractivity contribution in [1.29, 1.82) is 0 Å². The summed E-state index contributed by atoms with van der Waals surface area (Å²) in [5.74, 6) is 0.929. The number of sulfone groups is 1. The average Bonchev–Trinajstić information content (AvgIpc) is 3.14. The lowest BCUT2D eigenvalue weighted by Crippen LogP contribution is -2.21. The van der Waals surface area contributed by atoms with Crippen LogP contribution in [0.5, 0.6) is 0 Å². The highest BCUT2D eigenvalue weighted by Gasteiger charge is 2.28. The minimum Gasteiger partial charge on any atom is -0.366 e. The van der Waals surface area contributed by atoms with E-state index in [1.807, 2.05) is 25.1 Å². The fraction of sp³-hybridized carbons (Fsp3) is 0.312. The van der Waals surface area contributed by atoms with Gasteiger partial charge < -0.3 is 5.32 Å². The standard InChI is InChI=1S/C16H16ClN5O2S/c1-10-2-3-11(17)6-14(10)22-16-13(7-20-22)15(18-9-19-16)21-12-4-5-25(23,24)8-12/h2-3,6-7,9,12H,4-5,8H2,1H3,(H,18,19,21)/t12-/m1/s1. The summed E-state index contributed by atoms with van der Waals surface area (Å²) in [6.45, 7) is 1.98. The van der Waals surface area contributed by atoms with Crippen molar-refractivity contribution in [3.05, 3.63) is 41.3 Å². The normalized spacial score (nSPS) is 19.4. The van der Waals surface area contributed by atoms with Crippen molar-refractivity contribution in [2.24, 2.45) is 0 Å². The number of aromatic nitrogens is 4. The molecule has 0 unspecified atom stereocenters. The first kappa shape index (κ1) is 16.3.